The maximum absolute atomic E-state index is 12.8. The molecule has 0 bridgehead atoms. The Bertz CT molecular complexity index is 952. The second kappa shape index (κ2) is 6.46. The molecule has 140 valence electrons. The molecular weight excluding hydrogens is 369 g/mol. The van der Waals surface area contributed by atoms with Gasteiger partial charge in [0.25, 0.3) is 10.0 Å². The van der Waals surface area contributed by atoms with Crippen molar-refractivity contribution < 1.29 is 26.4 Å². The van der Waals surface area contributed by atoms with Crippen LogP contribution in [0.3, 0.4) is 0 Å². The lowest BCUT2D eigenvalue weighted by Gasteiger charge is -2.26. The largest absolute Gasteiger partial charge is 0.406 e. The summed E-state index contributed by atoms with van der Waals surface area (Å²) in [5.74, 6) is -0.877. The molecule has 9 heteroatoms. The third-order valence-electron chi connectivity index (χ3n) is 4.18. The number of amides is 1. The van der Waals surface area contributed by atoms with Crippen molar-refractivity contribution in [2.45, 2.75) is 24.4 Å². The normalized spacial score (nSPS) is 15.5. The maximum Gasteiger partial charge on any atom is 0.406 e. The second-order valence-electron chi connectivity index (χ2n) is 6.07. The summed E-state index contributed by atoms with van der Waals surface area (Å²) in [6, 6.07) is 9.73. The summed E-state index contributed by atoms with van der Waals surface area (Å²) in [6.07, 6.45) is -4.21. The second-order valence-corrected chi connectivity index (χ2v) is 7.90. The molecule has 0 aliphatic carbocycles. The lowest BCUT2D eigenvalue weighted by Crippen LogP contribution is -2.45. The number of benzene rings is 2. The van der Waals surface area contributed by atoms with Crippen molar-refractivity contribution in [3.8, 4) is 0 Å². The number of halogens is 3. The lowest BCUT2D eigenvalue weighted by molar-refractivity contribution is -0.160. The van der Waals surface area contributed by atoms with Crippen molar-refractivity contribution >= 4 is 32.4 Å². The van der Waals surface area contributed by atoms with E-state index in [1.165, 1.54) is 6.07 Å². The summed E-state index contributed by atoms with van der Waals surface area (Å²) in [5, 5.41) is 1.18. The van der Waals surface area contributed by atoms with Crippen molar-refractivity contribution in [2.75, 3.05) is 23.9 Å². The van der Waals surface area contributed by atoms with Gasteiger partial charge in [-0.3, -0.25) is 9.10 Å². The molecule has 0 N–H and O–H groups in total. The van der Waals surface area contributed by atoms with Crippen LogP contribution in [-0.4, -0.2) is 45.0 Å². The van der Waals surface area contributed by atoms with Crippen LogP contribution in [0.1, 0.15) is 13.3 Å². The van der Waals surface area contributed by atoms with E-state index in [4.69, 9.17) is 0 Å². The van der Waals surface area contributed by atoms with Gasteiger partial charge in [-0.05, 0) is 23.9 Å². The zero-order chi connectivity index (χ0) is 19.1. The van der Waals surface area contributed by atoms with Gasteiger partial charge in [0, 0.05) is 11.9 Å². The molecule has 2 aromatic carbocycles. The van der Waals surface area contributed by atoms with Crippen molar-refractivity contribution in [1.82, 2.24) is 4.90 Å². The Morgan fingerprint density at radius 2 is 1.81 bits per heavy atom. The molecule has 1 amide bonds. The highest BCUT2D eigenvalue weighted by atomic mass is 32.2. The van der Waals surface area contributed by atoms with Gasteiger partial charge in [0.05, 0.1) is 10.6 Å². The van der Waals surface area contributed by atoms with Crippen molar-refractivity contribution in [3.63, 3.8) is 0 Å². The molecule has 0 saturated heterocycles. The number of hydrogen-bond donors (Lipinski definition) is 0. The van der Waals surface area contributed by atoms with E-state index < -0.39 is 35.2 Å². The van der Waals surface area contributed by atoms with E-state index >= 15 is 0 Å². The zero-order valence-corrected chi connectivity index (χ0v) is 14.8. The number of hydrogen-bond acceptors (Lipinski definition) is 3. The first kappa shape index (κ1) is 18.5. The molecular formula is C17H17F3N2O3S. The van der Waals surface area contributed by atoms with Gasteiger partial charge in [-0.1, -0.05) is 31.2 Å². The number of carbonyl (C=O) groups excluding carboxylic acids is 1. The molecule has 0 radical (unpaired) electrons. The first-order chi connectivity index (χ1) is 12.1. The maximum atomic E-state index is 12.8. The Morgan fingerprint density at radius 3 is 2.42 bits per heavy atom. The van der Waals surface area contributed by atoms with Crippen LogP contribution < -0.4 is 4.31 Å². The Morgan fingerprint density at radius 1 is 1.15 bits per heavy atom. The van der Waals surface area contributed by atoms with Gasteiger partial charge < -0.3 is 4.90 Å². The van der Waals surface area contributed by atoms with Gasteiger partial charge in [0.1, 0.15) is 13.1 Å². The molecule has 1 aliphatic heterocycles. The van der Waals surface area contributed by atoms with Crippen molar-refractivity contribution in [3.05, 3.63) is 36.4 Å². The number of anilines is 1. The van der Waals surface area contributed by atoms with E-state index in [9.17, 15) is 26.4 Å². The third-order valence-corrected chi connectivity index (χ3v) is 5.98. The topological polar surface area (TPSA) is 57.7 Å². The summed E-state index contributed by atoms with van der Waals surface area (Å²) >= 11 is 0. The average molecular weight is 386 g/mol. The van der Waals surface area contributed by atoms with Crippen LogP contribution >= 0.6 is 0 Å². The van der Waals surface area contributed by atoms with Crippen LogP contribution in [0.5, 0.6) is 0 Å². The number of rotatable bonds is 5. The highest BCUT2D eigenvalue weighted by Gasteiger charge is 2.39. The van der Waals surface area contributed by atoms with Gasteiger partial charge in [0.15, 0.2) is 0 Å². The number of sulfonamides is 1. The molecule has 26 heavy (non-hydrogen) atoms. The monoisotopic (exact) mass is 386 g/mol. The quantitative estimate of drug-likeness (QED) is 0.793. The van der Waals surface area contributed by atoms with Gasteiger partial charge >= 0.3 is 6.18 Å². The molecule has 5 nitrogen and oxygen atoms in total. The summed E-state index contributed by atoms with van der Waals surface area (Å²) in [7, 11) is -3.98. The minimum Gasteiger partial charge on any atom is -0.332 e. The van der Waals surface area contributed by atoms with Crippen LogP contribution in [-0.2, 0) is 14.8 Å². The van der Waals surface area contributed by atoms with Crippen molar-refractivity contribution in [1.29, 1.82) is 0 Å². The van der Waals surface area contributed by atoms with Gasteiger partial charge in [-0.25, -0.2) is 8.42 Å². The van der Waals surface area contributed by atoms with Gasteiger partial charge in [0.2, 0.25) is 5.91 Å². The number of nitrogens with zero attached hydrogens (tertiary/aromatic N) is 2. The minimum atomic E-state index is -4.54. The summed E-state index contributed by atoms with van der Waals surface area (Å²) in [4.78, 5) is 13.2. The molecule has 1 heterocycles. The average Bonchev–Trinajstić information content (AvgIpc) is 2.77. The summed E-state index contributed by atoms with van der Waals surface area (Å²) < 4.78 is 64.7. The first-order valence-electron chi connectivity index (χ1n) is 8.04. The van der Waals surface area contributed by atoms with Crippen LogP contribution in [0.25, 0.3) is 10.8 Å². The fourth-order valence-electron chi connectivity index (χ4n) is 3.13. The summed E-state index contributed by atoms with van der Waals surface area (Å²) in [5.41, 5.74) is 0.315. The molecule has 3 rings (SSSR count). The Kier molecular flexibility index (Phi) is 4.60. The molecule has 0 aromatic heterocycles. The molecule has 0 spiro atoms. The number of carbonyl (C=O) groups is 1. The summed E-state index contributed by atoms with van der Waals surface area (Å²) in [6.45, 7) is -0.500. The molecule has 1 aliphatic rings. The van der Waals surface area contributed by atoms with E-state index in [2.05, 4.69) is 0 Å². The molecule has 2 aromatic rings. The molecule has 0 atom stereocenters. The van der Waals surface area contributed by atoms with E-state index in [0.29, 0.717) is 27.8 Å². The zero-order valence-electron chi connectivity index (χ0n) is 14.0. The van der Waals surface area contributed by atoms with Crippen molar-refractivity contribution in [2.24, 2.45) is 0 Å². The predicted molar refractivity (Wildman–Crippen MR) is 91.4 cm³/mol. The predicted octanol–water partition coefficient (Wildman–Crippen LogP) is 3.15. The number of alkyl halides is 3. The van der Waals surface area contributed by atoms with E-state index in [0.717, 1.165) is 4.31 Å². The highest BCUT2D eigenvalue weighted by molar-refractivity contribution is 7.93. The Balaban J connectivity index is 1.95. The third kappa shape index (κ3) is 3.23. The van der Waals surface area contributed by atoms with Crippen LogP contribution in [0.15, 0.2) is 41.3 Å². The minimum absolute atomic E-state index is 0.0660. The van der Waals surface area contributed by atoms with Crippen LogP contribution in [0, 0.1) is 0 Å². The fourth-order valence-corrected chi connectivity index (χ4v) is 4.79. The van der Waals surface area contributed by atoms with E-state index in [-0.39, 0.29) is 11.4 Å². The Hall–Kier alpha value is -2.29. The van der Waals surface area contributed by atoms with Gasteiger partial charge in [-0.15, -0.1) is 0 Å². The van der Waals surface area contributed by atoms with E-state index in [1.807, 2.05) is 0 Å². The Labute approximate surface area is 149 Å². The first-order valence-corrected chi connectivity index (χ1v) is 9.48. The van der Waals surface area contributed by atoms with Gasteiger partial charge in [-0.2, -0.15) is 13.2 Å². The molecule has 0 unspecified atom stereocenters. The lowest BCUT2D eigenvalue weighted by atomic mass is 10.1. The standard InChI is InChI=1S/C17H17F3N2O3S/c1-2-9-21(11-17(18,19)20)15(23)10-22-13-7-3-5-12-6-4-8-14(16(12)13)26(22,24)25/h3-8H,2,9-11H2,1H3. The SMILES string of the molecule is CCCN(CC(F)(F)F)C(=O)CN1c2cccc3cccc(c23)S1(=O)=O. The van der Waals surface area contributed by atoms with E-state index in [1.54, 1.807) is 37.3 Å². The fraction of sp³-hybridized carbons (Fsp3) is 0.353. The van der Waals surface area contributed by atoms with Crippen LogP contribution in [0.4, 0.5) is 18.9 Å². The molecule has 0 saturated carbocycles. The highest BCUT2D eigenvalue weighted by Crippen LogP contribution is 2.41. The van der Waals surface area contributed by atoms with Crippen LogP contribution in [0.2, 0.25) is 0 Å². The smallest absolute Gasteiger partial charge is 0.332 e. The molecule has 0 fully saturated rings.